The highest BCUT2D eigenvalue weighted by molar-refractivity contribution is 9.10. The highest BCUT2D eigenvalue weighted by Crippen LogP contribution is 2.35. The predicted octanol–water partition coefficient (Wildman–Crippen LogP) is 3.90. The van der Waals surface area contributed by atoms with Crippen molar-refractivity contribution in [2.75, 3.05) is 0 Å². The van der Waals surface area contributed by atoms with E-state index in [1.54, 1.807) is 26.8 Å². The van der Waals surface area contributed by atoms with Crippen LogP contribution in [0.2, 0.25) is 0 Å². The van der Waals surface area contributed by atoms with Crippen molar-refractivity contribution in [1.29, 1.82) is 0 Å². The first kappa shape index (κ1) is 14.1. The number of ether oxygens (including phenoxy) is 1. The van der Waals surface area contributed by atoms with Crippen molar-refractivity contribution < 1.29 is 14.3 Å². The van der Waals surface area contributed by atoms with E-state index in [-0.39, 0.29) is 11.9 Å². The zero-order valence-electron chi connectivity index (χ0n) is 11.4. The van der Waals surface area contributed by atoms with E-state index in [0.29, 0.717) is 5.56 Å². The van der Waals surface area contributed by atoms with Crippen LogP contribution in [0, 0.1) is 0 Å². The molecule has 5 heteroatoms. The van der Waals surface area contributed by atoms with Gasteiger partial charge in [0.25, 0.3) is 5.91 Å². The van der Waals surface area contributed by atoms with Crippen LogP contribution in [0.4, 0.5) is 4.79 Å². The third-order valence-electron chi connectivity index (χ3n) is 2.89. The van der Waals surface area contributed by atoms with Gasteiger partial charge < -0.3 is 4.74 Å². The average molecular weight is 326 g/mol. The molecule has 0 N–H and O–H groups in total. The lowest BCUT2D eigenvalue weighted by molar-refractivity contribution is 0.0203. The number of imide groups is 1. The minimum Gasteiger partial charge on any atom is -0.443 e. The number of carbonyl (C=O) groups is 2. The fraction of sp³-hybridized carbons (Fsp3) is 0.429. The molecule has 1 heterocycles. The second-order valence-corrected chi connectivity index (χ2v) is 6.48. The van der Waals surface area contributed by atoms with Crippen molar-refractivity contribution in [2.45, 2.75) is 39.3 Å². The van der Waals surface area contributed by atoms with E-state index >= 15 is 0 Å². The third kappa shape index (κ3) is 2.66. The number of fused-ring (bicyclic) bond motifs is 1. The molecule has 102 valence electrons. The zero-order chi connectivity index (χ0) is 14.4. The summed E-state index contributed by atoms with van der Waals surface area (Å²) in [6, 6.07) is 5.15. The van der Waals surface area contributed by atoms with E-state index in [0.717, 1.165) is 10.0 Å². The molecular formula is C14H16BrNO3. The molecule has 1 aliphatic rings. The summed E-state index contributed by atoms with van der Waals surface area (Å²) < 4.78 is 6.10. The highest BCUT2D eigenvalue weighted by atomic mass is 79.9. The van der Waals surface area contributed by atoms with Crippen LogP contribution >= 0.6 is 15.9 Å². The van der Waals surface area contributed by atoms with Gasteiger partial charge in [0.2, 0.25) is 0 Å². The molecule has 1 aromatic carbocycles. The molecule has 1 atom stereocenters. The predicted molar refractivity (Wildman–Crippen MR) is 75.0 cm³/mol. The number of benzene rings is 1. The summed E-state index contributed by atoms with van der Waals surface area (Å²) in [5.74, 6) is -0.307. The van der Waals surface area contributed by atoms with Crippen molar-refractivity contribution in [2.24, 2.45) is 0 Å². The second-order valence-electron chi connectivity index (χ2n) is 5.56. The molecule has 2 amide bonds. The van der Waals surface area contributed by atoms with Crippen molar-refractivity contribution >= 4 is 27.9 Å². The van der Waals surface area contributed by atoms with Gasteiger partial charge in [-0.2, -0.15) is 0 Å². The second kappa shape index (κ2) is 4.63. The van der Waals surface area contributed by atoms with Gasteiger partial charge in [-0.25, -0.2) is 9.69 Å². The fourth-order valence-electron chi connectivity index (χ4n) is 2.07. The Morgan fingerprint density at radius 2 is 2.00 bits per heavy atom. The van der Waals surface area contributed by atoms with Gasteiger partial charge in [0.05, 0.1) is 6.04 Å². The summed E-state index contributed by atoms with van der Waals surface area (Å²) in [5, 5.41) is 0. The standard InChI is InChI=1S/C14H16BrNO3/c1-8-10-6-5-9(15)7-11(10)12(17)16(8)13(18)19-14(2,3)4/h5-8H,1-4H3. The number of hydrogen-bond donors (Lipinski definition) is 0. The highest BCUT2D eigenvalue weighted by Gasteiger charge is 2.40. The van der Waals surface area contributed by atoms with Crippen LogP contribution in [0.25, 0.3) is 0 Å². The lowest BCUT2D eigenvalue weighted by Crippen LogP contribution is -2.38. The minimum atomic E-state index is -0.619. The van der Waals surface area contributed by atoms with Gasteiger partial charge in [-0.1, -0.05) is 22.0 Å². The molecule has 0 aliphatic carbocycles. The maximum absolute atomic E-state index is 12.3. The fourth-order valence-corrected chi connectivity index (χ4v) is 2.44. The number of carbonyl (C=O) groups excluding carboxylic acids is 2. The molecule has 0 fully saturated rings. The first-order valence-electron chi connectivity index (χ1n) is 6.06. The summed E-state index contributed by atoms with van der Waals surface area (Å²) in [5.41, 5.74) is 0.777. The number of hydrogen-bond acceptors (Lipinski definition) is 3. The Morgan fingerprint density at radius 1 is 1.37 bits per heavy atom. The summed E-state index contributed by atoms with van der Waals surface area (Å²) in [4.78, 5) is 25.6. The molecule has 4 nitrogen and oxygen atoms in total. The maximum Gasteiger partial charge on any atom is 0.417 e. The number of rotatable bonds is 0. The molecule has 1 unspecified atom stereocenters. The molecule has 0 radical (unpaired) electrons. The van der Waals surface area contributed by atoms with Crippen LogP contribution in [-0.4, -0.2) is 22.5 Å². The van der Waals surface area contributed by atoms with E-state index in [4.69, 9.17) is 4.74 Å². The van der Waals surface area contributed by atoms with Gasteiger partial charge in [0.15, 0.2) is 0 Å². The van der Waals surface area contributed by atoms with E-state index in [1.807, 2.05) is 19.1 Å². The van der Waals surface area contributed by atoms with Crippen LogP contribution in [0.5, 0.6) is 0 Å². The molecule has 0 saturated carbocycles. The van der Waals surface area contributed by atoms with Crippen LogP contribution in [0.15, 0.2) is 22.7 Å². The lowest BCUT2D eigenvalue weighted by atomic mass is 10.1. The SMILES string of the molecule is CC1c2ccc(Br)cc2C(=O)N1C(=O)OC(C)(C)C. The monoisotopic (exact) mass is 325 g/mol. The van der Waals surface area contributed by atoms with Crippen molar-refractivity contribution in [3.8, 4) is 0 Å². The molecule has 2 rings (SSSR count). The van der Waals surface area contributed by atoms with Crippen LogP contribution < -0.4 is 0 Å². The molecule has 1 aromatic rings. The molecule has 0 aromatic heterocycles. The summed E-state index contributed by atoms with van der Waals surface area (Å²) in [7, 11) is 0. The largest absolute Gasteiger partial charge is 0.443 e. The van der Waals surface area contributed by atoms with Gasteiger partial charge in [-0.3, -0.25) is 4.79 Å². The molecule has 0 bridgehead atoms. The quantitative estimate of drug-likeness (QED) is 0.726. The van der Waals surface area contributed by atoms with E-state index in [1.165, 1.54) is 4.90 Å². The normalized spacial score (nSPS) is 18.5. The van der Waals surface area contributed by atoms with Crippen molar-refractivity contribution in [1.82, 2.24) is 4.90 Å². The molecular weight excluding hydrogens is 310 g/mol. The number of halogens is 1. The number of nitrogens with zero attached hydrogens (tertiary/aromatic N) is 1. The van der Waals surface area contributed by atoms with Crippen molar-refractivity contribution in [3.63, 3.8) is 0 Å². The Hall–Kier alpha value is -1.36. The minimum absolute atomic E-state index is 0.301. The van der Waals surface area contributed by atoms with Gasteiger partial charge in [-0.05, 0) is 45.4 Å². The first-order chi connectivity index (χ1) is 8.70. The van der Waals surface area contributed by atoms with Crippen molar-refractivity contribution in [3.05, 3.63) is 33.8 Å². The van der Waals surface area contributed by atoms with E-state index in [9.17, 15) is 9.59 Å². The summed E-state index contributed by atoms with van der Waals surface area (Å²) >= 11 is 3.33. The van der Waals surface area contributed by atoms with Crippen LogP contribution in [0.3, 0.4) is 0 Å². The summed E-state index contributed by atoms with van der Waals surface area (Å²) in [6.45, 7) is 7.15. The Kier molecular flexibility index (Phi) is 3.43. The zero-order valence-corrected chi connectivity index (χ0v) is 12.9. The van der Waals surface area contributed by atoms with Gasteiger partial charge in [0.1, 0.15) is 5.60 Å². The van der Waals surface area contributed by atoms with Gasteiger partial charge >= 0.3 is 6.09 Å². The molecule has 0 saturated heterocycles. The van der Waals surface area contributed by atoms with Crippen LogP contribution in [-0.2, 0) is 4.74 Å². The lowest BCUT2D eigenvalue weighted by Gasteiger charge is -2.25. The topological polar surface area (TPSA) is 46.6 Å². The maximum atomic E-state index is 12.3. The Morgan fingerprint density at radius 3 is 2.58 bits per heavy atom. The smallest absolute Gasteiger partial charge is 0.417 e. The molecule has 0 spiro atoms. The van der Waals surface area contributed by atoms with Gasteiger partial charge in [-0.15, -0.1) is 0 Å². The number of amides is 2. The Bertz CT molecular complexity index is 548. The molecule has 1 aliphatic heterocycles. The average Bonchev–Trinajstić information content (AvgIpc) is 2.49. The van der Waals surface area contributed by atoms with Crippen LogP contribution in [0.1, 0.15) is 49.7 Å². The van der Waals surface area contributed by atoms with E-state index in [2.05, 4.69) is 15.9 Å². The van der Waals surface area contributed by atoms with E-state index < -0.39 is 11.7 Å². The van der Waals surface area contributed by atoms with Gasteiger partial charge in [0, 0.05) is 10.0 Å². The molecule has 19 heavy (non-hydrogen) atoms. The third-order valence-corrected chi connectivity index (χ3v) is 3.39. The Labute approximate surface area is 120 Å². The summed E-state index contributed by atoms with van der Waals surface area (Å²) in [6.07, 6.45) is -0.600. The first-order valence-corrected chi connectivity index (χ1v) is 6.86. The Balaban J connectivity index is 2.32.